The Kier molecular flexibility index (Phi) is 18.2. The first-order valence-electron chi connectivity index (χ1n) is 25.9. The molecule has 4 aliphatic rings. The molecule has 5 aromatic rings. The monoisotopic (exact) mass is 1230 g/mol. The van der Waals surface area contributed by atoms with Crippen LogP contribution in [0.4, 0.5) is 33.3 Å². The number of halogens is 5. The van der Waals surface area contributed by atoms with E-state index in [9.17, 15) is 66.9 Å². The van der Waals surface area contributed by atoms with E-state index in [0.29, 0.717) is 30.5 Å². The molecule has 2 unspecified atom stereocenters. The van der Waals surface area contributed by atoms with Crippen LogP contribution in [0.25, 0.3) is 0 Å². The topological polar surface area (TPSA) is 367 Å². The quantitative estimate of drug-likeness (QED) is 0.0258. The lowest BCUT2D eigenvalue weighted by atomic mass is 9.91. The number of aromatic carboxylic acids is 1. The number of benzene rings is 3. The standard InChI is InChI=1S/C20H21F2N3O3S.C13H14FN3O4S.C13H18FN3O2S.C6H4FNO2.H3P.H2/c1-3-18-19(23)25-20(2,11-29(18,27)28)14-8-12(4-6-15(14)22)9-17(26)16-7-5-13(21)10-24-16;1-12(9-6-8(17(18)19)2-3-10(9)14)7-22(20,21)13(4-5-13)11(15)16-12;1-3-11-12(16)17-13(2,7-20(11,18)19)9-6-8(15)4-5-10(9)14;7-4-1-2-5(6(9)10)8-3-4;;/h4-8,10,18H,3,9,11H2,1-2H3,(H2,23,25);2-3,6H,4-5,7H2,1H3,(H2,15,16);4-6,11H,3,7,15H2,1-2H3,(H2,16,17);1-3H,(H,9,10);1H3;1H/t18?,20-;12-;11?,13-;;;/m000.../s1/i;;;;1T3;. The Morgan fingerprint density at radius 2 is 1.12 bits per heavy atom. The Morgan fingerprint density at radius 1 is 0.683 bits per heavy atom. The van der Waals surface area contributed by atoms with Gasteiger partial charge >= 0.3 is 5.97 Å². The van der Waals surface area contributed by atoms with Crippen molar-refractivity contribution in [3.63, 3.8) is 0 Å². The molecular formula is C52H62F5N10O11PS3. The molecule has 5 heterocycles. The van der Waals surface area contributed by atoms with Crippen LogP contribution in [0.2, 0.25) is 0 Å². The molecule has 2 aromatic heterocycles. The number of nitro groups is 1. The predicted molar refractivity (Wildman–Crippen MR) is 305 cm³/mol. The molecule has 0 amide bonds. The second-order valence-electron chi connectivity index (χ2n) is 20.2. The van der Waals surface area contributed by atoms with E-state index in [1.807, 2.05) is 0 Å². The van der Waals surface area contributed by atoms with E-state index < -0.39 is 117 Å². The van der Waals surface area contributed by atoms with E-state index in [4.69, 9.17) is 31.9 Å². The summed E-state index contributed by atoms with van der Waals surface area (Å²) in [4.78, 5) is 52.5. The van der Waals surface area contributed by atoms with Crippen LogP contribution in [0.5, 0.6) is 0 Å². The summed E-state index contributed by atoms with van der Waals surface area (Å²) in [7, 11) is -12.6. The Balaban J connectivity index is 0.000000250. The van der Waals surface area contributed by atoms with E-state index in [-0.39, 0.29) is 82.8 Å². The summed E-state index contributed by atoms with van der Waals surface area (Å²) in [5.41, 5.74) is 19.5. The lowest BCUT2D eigenvalue weighted by Crippen LogP contribution is -2.50. The summed E-state index contributed by atoms with van der Waals surface area (Å²) in [6.45, 7) is 7.92. The number of carbonyl (C=O) groups is 2. The van der Waals surface area contributed by atoms with Crippen LogP contribution in [-0.2, 0) is 52.5 Å². The number of sulfone groups is 3. The van der Waals surface area contributed by atoms with Gasteiger partial charge in [0.2, 0.25) is 0 Å². The molecule has 1 saturated carbocycles. The Labute approximate surface area is 477 Å². The zero-order chi connectivity index (χ0) is 64.0. The van der Waals surface area contributed by atoms with Gasteiger partial charge in [0.1, 0.15) is 89.8 Å². The highest BCUT2D eigenvalue weighted by Crippen LogP contribution is 2.50. The molecule has 0 radical (unpaired) electrons. The number of carboxylic acid groups (broad SMARTS) is 1. The van der Waals surface area contributed by atoms with E-state index in [2.05, 4.69) is 24.9 Å². The second-order valence-corrected chi connectivity index (χ2v) is 26.8. The number of nitrogens with two attached hydrogens (primary N) is 4. The molecular weight excluding hydrogens is 1160 g/mol. The van der Waals surface area contributed by atoms with Gasteiger partial charge in [0.15, 0.2) is 35.3 Å². The van der Waals surface area contributed by atoms with Crippen molar-refractivity contribution >= 4 is 79.9 Å². The maximum Gasteiger partial charge on any atom is 0.354 e. The molecule has 0 bridgehead atoms. The number of aromatic nitrogens is 2. The Morgan fingerprint density at radius 3 is 1.54 bits per heavy atom. The average Bonchev–Trinajstić information content (AvgIpc) is 1.71. The van der Waals surface area contributed by atoms with Crippen LogP contribution >= 0.6 is 9.73 Å². The van der Waals surface area contributed by atoms with Crippen molar-refractivity contribution in [2.75, 3.05) is 23.0 Å². The number of aliphatic imine (C=N–C) groups is 3. The van der Waals surface area contributed by atoms with Gasteiger partial charge in [-0.3, -0.25) is 34.9 Å². The molecule has 21 nitrogen and oxygen atoms in total. The highest BCUT2D eigenvalue weighted by atomic mass is 32.2. The van der Waals surface area contributed by atoms with Crippen molar-refractivity contribution in [2.45, 2.75) is 98.6 Å². The van der Waals surface area contributed by atoms with E-state index >= 15 is 0 Å². The number of rotatable bonds is 10. The third-order valence-corrected chi connectivity index (χ3v) is 21.4. The van der Waals surface area contributed by atoms with E-state index in [1.165, 1.54) is 56.3 Å². The summed E-state index contributed by atoms with van der Waals surface area (Å²) < 4.78 is 159. The van der Waals surface area contributed by atoms with Gasteiger partial charge in [-0.15, -0.1) is 0 Å². The summed E-state index contributed by atoms with van der Waals surface area (Å²) in [6.07, 6.45) is 3.17. The number of pyridine rings is 2. The number of hydrogen-bond donors (Lipinski definition) is 5. The van der Waals surface area contributed by atoms with Gasteiger partial charge in [-0.25, -0.2) is 57.0 Å². The highest BCUT2D eigenvalue weighted by molar-refractivity contribution is 7.94. The van der Waals surface area contributed by atoms with Crippen LogP contribution in [-0.4, -0.2) is 111 Å². The van der Waals surface area contributed by atoms with E-state index in [1.54, 1.807) is 20.8 Å². The molecule has 3 aliphatic heterocycles. The van der Waals surface area contributed by atoms with Crippen LogP contribution < -0.4 is 22.9 Å². The largest absolute Gasteiger partial charge is 0.477 e. The molecule has 30 heteroatoms. The third-order valence-electron chi connectivity index (χ3n) is 13.8. The van der Waals surface area contributed by atoms with Crippen molar-refractivity contribution in [3.8, 4) is 0 Å². The van der Waals surface area contributed by atoms with Gasteiger partial charge in [-0.05, 0) is 113 Å². The van der Waals surface area contributed by atoms with Crippen molar-refractivity contribution in [3.05, 3.63) is 164 Å². The molecule has 0 saturated heterocycles. The third kappa shape index (κ3) is 14.1. The minimum absolute atomic E-state index is 0. The maximum atomic E-state index is 14.6. The number of Topliss-reactive ketones (excluding diaryl/α,β-unsaturated/α-hetero) is 1. The minimum Gasteiger partial charge on any atom is -0.477 e. The first kappa shape index (κ1) is 60.7. The maximum absolute atomic E-state index is 14.6. The SMILES string of the molecule is CCC1C(N)=N[C@](C)(c2cc(CC(=O)c3ccc(F)cn3)ccc2F)CS1(=O)=O.CCC1C(N)=N[C@](C)(c2cc(N)ccc2F)CS1(=O)=O.C[C@@]1(c2cc([N+](=O)[O-])ccc2F)CS(=O)(=O)C2(CC2)C(N)=N1.O=C(O)c1ccc(F)cn1.[3H]P([3H])[3H].[HH]. The first-order chi connectivity index (χ1) is 39.3. The lowest BCUT2D eigenvalue weighted by molar-refractivity contribution is -0.385. The Bertz CT molecular complexity index is 3820. The molecule has 9 rings (SSSR count). The molecule has 1 fully saturated rings. The van der Waals surface area contributed by atoms with Crippen LogP contribution in [0.15, 0.2) is 106 Å². The Hall–Kier alpha value is -7.36. The van der Waals surface area contributed by atoms with Gasteiger partial charge in [-0.1, -0.05) is 19.9 Å². The zero-order valence-corrected chi connectivity index (χ0v) is 47.9. The number of nitrogen functional groups attached to an aromatic ring is 1. The molecule has 444 valence electrons. The van der Waals surface area contributed by atoms with Crippen LogP contribution in [0.3, 0.4) is 0 Å². The van der Waals surface area contributed by atoms with Gasteiger partial charge in [0, 0.05) is 42.4 Å². The minimum atomic E-state index is -3.61. The lowest BCUT2D eigenvalue weighted by Gasteiger charge is -2.34. The number of anilines is 1. The normalized spacial score (nSPS) is 24.5. The number of nitrogens with zero attached hydrogens (tertiary/aromatic N) is 6. The van der Waals surface area contributed by atoms with Crippen LogP contribution in [0.1, 0.15) is 105 Å². The second kappa shape index (κ2) is 24.6. The number of non-ortho nitro benzene ring substituents is 1. The van der Waals surface area contributed by atoms with Crippen molar-refractivity contribution in [1.82, 2.24) is 9.97 Å². The van der Waals surface area contributed by atoms with Gasteiger partial charge in [0.25, 0.3) is 5.69 Å². The number of ketones is 1. The highest BCUT2D eigenvalue weighted by Gasteiger charge is 2.62. The molecule has 1 spiro atoms. The van der Waals surface area contributed by atoms with Crippen molar-refractivity contribution in [2.24, 2.45) is 32.2 Å². The molecule has 1 aliphatic carbocycles. The molecule has 9 N–H and O–H groups in total. The number of amidine groups is 3. The van der Waals surface area contributed by atoms with Crippen LogP contribution in [0, 0.1) is 39.2 Å². The van der Waals surface area contributed by atoms with Gasteiger partial charge in [0.05, 0.1) is 38.4 Å². The predicted octanol–water partition coefficient (Wildman–Crippen LogP) is 6.24. The number of carbonyl (C=O) groups excluding carboxylic acids is 1. The fourth-order valence-electron chi connectivity index (χ4n) is 9.63. The number of carboxylic acids is 1. The summed E-state index contributed by atoms with van der Waals surface area (Å²) in [6, 6.07) is 15.6. The number of nitro benzene ring substituents is 1. The fourth-order valence-corrected chi connectivity index (χ4v) is 16.2. The summed E-state index contributed by atoms with van der Waals surface area (Å²) >= 11 is 0. The summed E-state index contributed by atoms with van der Waals surface area (Å²) in [5.74, 6) is -5.67. The molecule has 3 aromatic carbocycles. The fraction of sp³-hybridized carbons (Fsp3) is 0.365. The van der Waals surface area contributed by atoms with Crippen molar-refractivity contribution in [1.29, 1.82) is 3.84 Å². The molecule has 5 atom stereocenters. The number of hydrogen-bond acceptors (Lipinski definition) is 19. The van der Waals surface area contributed by atoms with Crippen molar-refractivity contribution < 1.29 is 68.3 Å². The first-order valence-corrected chi connectivity index (χ1v) is 29.6. The van der Waals surface area contributed by atoms with Gasteiger partial charge < -0.3 is 28.0 Å². The van der Waals surface area contributed by atoms with Gasteiger partial charge in [-0.2, -0.15) is 9.73 Å². The molecule has 82 heavy (non-hydrogen) atoms. The summed E-state index contributed by atoms with van der Waals surface area (Å²) in [5, 5.41) is 17.5. The van der Waals surface area contributed by atoms with E-state index in [0.717, 1.165) is 48.8 Å². The zero-order valence-electron chi connectivity index (χ0n) is 47.6. The average molecular weight is 1230 g/mol. The smallest absolute Gasteiger partial charge is 0.354 e.